The van der Waals surface area contributed by atoms with Crippen LogP contribution in [0.1, 0.15) is 12.6 Å². The van der Waals surface area contributed by atoms with Crippen molar-refractivity contribution in [3.8, 4) is 0 Å². The van der Waals surface area contributed by atoms with Gasteiger partial charge in [0.1, 0.15) is 0 Å². The molecule has 2 aromatic heterocycles. The van der Waals surface area contributed by atoms with Crippen LogP contribution < -0.4 is 5.32 Å². The number of fused-ring (bicyclic) bond motifs is 1. The van der Waals surface area contributed by atoms with Gasteiger partial charge in [-0.05, 0) is 6.92 Å². The minimum atomic E-state index is -0.313. The first-order valence-corrected chi connectivity index (χ1v) is 6.52. The van der Waals surface area contributed by atoms with E-state index in [-0.39, 0.29) is 30.9 Å². The van der Waals surface area contributed by atoms with E-state index in [4.69, 9.17) is 0 Å². The maximum Gasteiger partial charge on any atom is 0.246 e. The molecule has 0 aromatic carbocycles. The Bertz CT molecular complexity index is 589. The van der Waals surface area contributed by atoms with Crippen LogP contribution in [0.25, 0.3) is 4.96 Å². The van der Waals surface area contributed by atoms with E-state index in [9.17, 15) is 9.59 Å². The van der Waals surface area contributed by atoms with Crippen molar-refractivity contribution in [2.45, 2.75) is 19.5 Å². The van der Waals surface area contributed by atoms with Crippen LogP contribution in [-0.4, -0.2) is 38.7 Å². The van der Waals surface area contributed by atoms with Gasteiger partial charge in [-0.25, -0.2) is 4.98 Å². The molecule has 0 spiro atoms. The number of aromatic nitrogens is 2. The van der Waals surface area contributed by atoms with E-state index in [0.717, 1.165) is 10.7 Å². The molecular weight excluding hydrogens is 252 g/mol. The summed E-state index contributed by atoms with van der Waals surface area (Å²) in [4.78, 5) is 30.1. The Balaban J connectivity index is 1.84. The van der Waals surface area contributed by atoms with Crippen molar-refractivity contribution >= 4 is 28.1 Å². The molecule has 0 radical (unpaired) electrons. The predicted molar refractivity (Wildman–Crippen MR) is 66.1 cm³/mol. The molecule has 1 N–H and O–H groups in total. The number of rotatable bonds is 2. The van der Waals surface area contributed by atoms with E-state index >= 15 is 0 Å². The number of nitrogens with zero attached hydrogens (tertiary/aromatic N) is 3. The van der Waals surface area contributed by atoms with Crippen molar-refractivity contribution in [3.05, 3.63) is 23.5 Å². The zero-order valence-corrected chi connectivity index (χ0v) is 10.6. The molecule has 94 valence electrons. The van der Waals surface area contributed by atoms with Crippen LogP contribution in [0.2, 0.25) is 0 Å². The molecule has 1 fully saturated rings. The molecule has 1 aliphatic heterocycles. The Morgan fingerprint density at radius 1 is 1.56 bits per heavy atom. The van der Waals surface area contributed by atoms with Gasteiger partial charge < -0.3 is 0 Å². The van der Waals surface area contributed by atoms with E-state index in [1.54, 1.807) is 6.92 Å². The molecule has 3 heterocycles. The molecule has 1 unspecified atom stereocenters. The maximum absolute atomic E-state index is 11.9. The molecule has 2 amide bonds. The Morgan fingerprint density at radius 3 is 3.17 bits per heavy atom. The molecule has 0 bridgehead atoms. The van der Waals surface area contributed by atoms with Crippen molar-refractivity contribution in [2.75, 3.05) is 6.54 Å². The standard InChI is InChI=1S/C11H12N4O2S/c1-7-10(17)15(9(16)4-12-7)6-8-5-14-2-3-18-11(14)13-8/h2-3,5,7,12H,4,6H2,1H3. The van der Waals surface area contributed by atoms with Gasteiger partial charge in [-0.3, -0.25) is 24.2 Å². The van der Waals surface area contributed by atoms with E-state index in [0.29, 0.717) is 0 Å². The number of thiazole rings is 1. The minimum absolute atomic E-state index is 0.192. The molecule has 7 heteroatoms. The summed E-state index contributed by atoms with van der Waals surface area (Å²) in [5.74, 6) is -0.392. The molecule has 1 atom stereocenters. The topological polar surface area (TPSA) is 66.7 Å². The first kappa shape index (κ1) is 11.4. The molecule has 18 heavy (non-hydrogen) atoms. The molecular formula is C11H12N4O2S. The van der Waals surface area contributed by atoms with Crippen LogP contribution in [0.5, 0.6) is 0 Å². The number of nitrogens with one attached hydrogen (secondary N) is 1. The minimum Gasteiger partial charge on any atom is -0.298 e. The van der Waals surface area contributed by atoms with Gasteiger partial charge in [-0.2, -0.15) is 0 Å². The highest BCUT2D eigenvalue weighted by molar-refractivity contribution is 7.15. The number of carbonyl (C=O) groups excluding carboxylic acids is 2. The number of imide groups is 1. The Morgan fingerprint density at radius 2 is 2.39 bits per heavy atom. The van der Waals surface area contributed by atoms with E-state index in [1.165, 1.54) is 16.2 Å². The fourth-order valence-corrected chi connectivity index (χ4v) is 2.68. The monoisotopic (exact) mass is 264 g/mol. The fraction of sp³-hybridized carbons (Fsp3) is 0.364. The van der Waals surface area contributed by atoms with Gasteiger partial charge in [-0.15, -0.1) is 11.3 Å². The third kappa shape index (κ3) is 1.81. The highest BCUT2D eigenvalue weighted by Crippen LogP contribution is 2.14. The highest BCUT2D eigenvalue weighted by atomic mass is 32.1. The average molecular weight is 264 g/mol. The van der Waals surface area contributed by atoms with Crippen molar-refractivity contribution in [1.82, 2.24) is 19.6 Å². The highest BCUT2D eigenvalue weighted by Gasteiger charge is 2.31. The van der Waals surface area contributed by atoms with Crippen molar-refractivity contribution in [1.29, 1.82) is 0 Å². The lowest BCUT2D eigenvalue weighted by Crippen LogP contribution is -2.56. The smallest absolute Gasteiger partial charge is 0.246 e. The lowest BCUT2D eigenvalue weighted by atomic mass is 10.2. The van der Waals surface area contributed by atoms with Crippen LogP contribution in [0.3, 0.4) is 0 Å². The molecule has 3 rings (SSSR count). The zero-order valence-electron chi connectivity index (χ0n) is 9.79. The van der Waals surface area contributed by atoms with E-state index in [2.05, 4.69) is 10.3 Å². The Kier molecular flexibility index (Phi) is 2.64. The lowest BCUT2D eigenvalue weighted by Gasteiger charge is -2.29. The summed E-state index contributed by atoms with van der Waals surface area (Å²) in [5.41, 5.74) is 0.734. The summed E-state index contributed by atoms with van der Waals surface area (Å²) in [7, 11) is 0. The number of imidazole rings is 1. The van der Waals surface area contributed by atoms with Crippen LogP contribution in [0.15, 0.2) is 17.8 Å². The number of amides is 2. The maximum atomic E-state index is 11.9. The quantitative estimate of drug-likeness (QED) is 0.789. The fourth-order valence-electron chi connectivity index (χ4n) is 1.96. The molecule has 1 saturated heterocycles. The van der Waals surface area contributed by atoms with E-state index in [1.807, 2.05) is 22.2 Å². The summed E-state index contributed by atoms with van der Waals surface area (Å²) in [6.07, 6.45) is 3.75. The van der Waals surface area contributed by atoms with Crippen LogP contribution in [0, 0.1) is 0 Å². The first-order chi connectivity index (χ1) is 8.65. The Hall–Kier alpha value is -1.73. The second kappa shape index (κ2) is 4.18. The number of piperazine rings is 1. The largest absolute Gasteiger partial charge is 0.298 e. The predicted octanol–water partition coefficient (Wildman–Crippen LogP) is 0.243. The summed E-state index contributed by atoms with van der Waals surface area (Å²) < 4.78 is 1.89. The van der Waals surface area contributed by atoms with Gasteiger partial charge in [0.05, 0.1) is 24.8 Å². The second-order valence-electron chi connectivity index (χ2n) is 4.25. The normalized spacial score (nSPS) is 20.9. The van der Waals surface area contributed by atoms with Crippen molar-refractivity contribution in [3.63, 3.8) is 0 Å². The van der Waals surface area contributed by atoms with Gasteiger partial charge in [0.2, 0.25) is 11.8 Å². The zero-order chi connectivity index (χ0) is 12.7. The summed E-state index contributed by atoms with van der Waals surface area (Å²) >= 11 is 1.52. The van der Waals surface area contributed by atoms with Gasteiger partial charge in [0.25, 0.3) is 0 Å². The third-order valence-electron chi connectivity index (χ3n) is 2.96. The van der Waals surface area contributed by atoms with Gasteiger partial charge >= 0.3 is 0 Å². The summed E-state index contributed by atoms with van der Waals surface area (Å²) in [5, 5.41) is 4.79. The molecule has 0 aliphatic carbocycles. The second-order valence-corrected chi connectivity index (χ2v) is 5.12. The molecule has 1 aliphatic rings. The van der Waals surface area contributed by atoms with E-state index < -0.39 is 0 Å². The van der Waals surface area contributed by atoms with Crippen molar-refractivity contribution < 1.29 is 9.59 Å². The van der Waals surface area contributed by atoms with Gasteiger partial charge in [0, 0.05) is 17.8 Å². The van der Waals surface area contributed by atoms with Crippen LogP contribution in [-0.2, 0) is 16.1 Å². The SMILES string of the molecule is CC1NCC(=O)N(Cc2cn3ccsc3n2)C1=O. The van der Waals surface area contributed by atoms with Crippen LogP contribution in [0.4, 0.5) is 0 Å². The van der Waals surface area contributed by atoms with Gasteiger partial charge in [0.15, 0.2) is 4.96 Å². The molecule has 2 aromatic rings. The van der Waals surface area contributed by atoms with Gasteiger partial charge in [-0.1, -0.05) is 0 Å². The average Bonchev–Trinajstić information content (AvgIpc) is 2.90. The molecule has 0 saturated carbocycles. The number of hydrogen-bond acceptors (Lipinski definition) is 5. The first-order valence-electron chi connectivity index (χ1n) is 5.64. The third-order valence-corrected chi connectivity index (χ3v) is 3.73. The Labute approximate surface area is 107 Å². The molecule has 6 nitrogen and oxygen atoms in total. The number of hydrogen-bond donors (Lipinski definition) is 1. The number of carbonyl (C=O) groups is 2. The summed E-state index contributed by atoms with van der Waals surface area (Å²) in [6, 6.07) is -0.313. The van der Waals surface area contributed by atoms with Crippen molar-refractivity contribution in [2.24, 2.45) is 0 Å². The summed E-state index contributed by atoms with van der Waals surface area (Å²) in [6.45, 7) is 2.21. The van der Waals surface area contributed by atoms with Crippen LogP contribution >= 0.6 is 11.3 Å². The lowest BCUT2D eigenvalue weighted by molar-refractivity contribution is -0.149.